The molecule has 0 fully saturated rings. The lowest BCUT2D eigenvalue weighted by Crippen LogP contribution is -2.08. The summed E-state index contributed by atoms with van der Waals surface area (Å²) in [6.45, 7) is 5.57. The van der Waals surface area contributed by atoms with E-state index in [1.807, 2.05) is 6.92 Å². The third-order valence-corrected chi connectivity index (χ3v) is 3.40. The van der Waals surface area contributed by atoms with E-state index < -0.39 is 7.37 Å². The zero-order chi connectivity index (χ0) is 11.6. The van der Waals surface area contributed by atoms with Crippen molar-refractivity contribution in [2.75, 3.05) is 45.9 Å². The first-order chi connectivity index (χ1) is 7.12. The fourth-order valence-electron chi connectivity index (χ4n) is 0.919. The van der Waals surface area contributed by atoms with Crippen molar-refractivity contribution in [1.29, 1.82) is 0 Å². The number of ether oxygens (including phenoxy) is 2. The fourth-order valence-corrected chi connectivity index (χ4v) is 2.06. The SMILES string of the molecule is C#CCOCCOCCP(C)(=O)OCC. The van der Waals surface area contributed by atoms with Gasteiger partial charge in [0.15, 0.2) is 0 Å². The van der Waals surface area contributed by atoms with Crippen LogP contribution in [-0.2, 0) is 18.6 Å². The summed E-state index contributed by atoms with van der Waals surface area (Å²) in [6.07, 6.45) is 5.43. The number of rotatable bonds is 9. The Labute approximate surface area is 91.7 Å². The number of terminal acetylenes is 1. The average Bonchev–Trinajstić information content (AvgIpc) is 2.16. The van der Waals surface area contributed by atoms with Crippen LogP contribution in [0.1, 0.15) is 6.92 Å². The van der Waals surface area contributed by atoms with Crippen LogP contribution in [0.4, 0.5) is 0 Å². The van der Waals surface area contributed by atoms with Gasteiger partial charge in [0, 0.05) is 12.8 Å². The summed E-state index contributed by atoms with van der Waals surface area (Å²) in [6, 6.07) is 0. The summed E-state index contributed by atoms with van der Waals surface area (Å²) in [7, 11) is -2.45. The fraction of sp³-hybridized carbons (Fsp3) is 0.800. The van der Waals surface area contributed by atoms with Gasteiger partial charge in [-0.15, -0.1) is 6.42 Å². The molecule has 0 aliphatic rings. The minimum absolute atomic E-state index is 0.300. The van der Waals surface area contributed by atoms with Gasteiger partial charge >= 0.3 is 0 Å². The second-order valence-corrected chi connectivity index (χ2v) is 5.76. The van der Waals surface area contributed by atoms with Crippen LogP contribution in [0, 0.1) is 12.3 Å². The lowest BCUT2D eigenvalue weighted by molar-refractivity contribution is 0.0662. The molecule has 0 aliphatic carbocycles. The Balaban J connectivity index is 3.31. The third-order valence-electron chi connectivity index (χ3n) is 1.60. The maximum atomic E-state index is 11.6. The molecule has 15 heavy (non-hydrogen) atoms. The lowest BCUT2D eigenvalue weighted by Gasteiger charge is -2.12. The molecule has 4 nitrogen and oxygen atoms in total. The Kier molecular flexibility index (Phi) is 8.74. The molecule has 1 atom stereocenters. The minimum atomic E-state index is -2.45. The topological polar surface area (TPSA) is 44.8 Å². The molecule has 0 aliphatic heterocycles. The molecule has 0 bridgehead atoms. The second kappa shape index (κ2) is 8.94. The van der Waals surface area contributed by atoms with E-state index in [1.54, 1.807) is 6.66 Å². The van der Waals surface area contributed by atoms with Gasteiger partial charge in [-0.3, -0.25) is 4.57 Å². The van der Waals surface area contributed by atoms with Crippen molar-refractivity contribution in [3.8, 4) is 12.3 Å². The van der Waals surface area contributed by atoms with Gasteiger partial charge in [0.05, 0.1) is 26.4 Å². The molecule has 0 heterocycles. The minimum Gasteiger partial charge on any atom is -0.378 e. The summed E-state index contributed by atoms with van der Waals surface area (Å²) in [5.41, 5.74) is 0. The van der Waals surface area contributed by atoms with Crippen LogP contribution in [0.15, 0.2) is 0 Å². The average molecular weight is 234 g/mol. The van der Waals surface area contributed by atoms with Crippen molar-refractivity contribution in [3.05, 3.63) is 0 Å². The first kappa shape index (κ1) is 14.7. The van der Waals surface area contributed by atoms with E-state index >= 15 is 0 Å². The largest absolute Gasteiger partial charge is 0.378 e. The third kappa shape index (κ3) is 9.96. The normalized spacial score (nSPS) is 14.5. The van der Waals surface area contributed by atoms with Crippen LogP contribution >= 0.6 is 7.37 Å². The van der Waals surface area contributed by atoms with Gasteiger partial charge in [-0.05, 0) is 6.92 Å². The molecule has 88 valence electrons. The summed E-state index contributed by atoms with van der Waals surface area (Å²) in [5, 5.41) is 0. The molecule has 0 aromatic rings. The van der Waals surface area contributed by atoms with Crippen molar-refractivity contribution in [3.63, 3.8) is 0 Å². The highest BCUT2D eigenvalue weighted by Crippen LogP contribution is 2.41. The van der Waals surface area contributed by atoms with Crippen LogP contribution in [0.2, 0.25) is 0 Å². The molecular formula is C10H19O4P. The standard InChI is InChI=1S/C10H19O4P/c1-4-6-12-7-8-13-9-10-15(3,11)14-5-2/h1H,5-10H2,2-3H3. The zero-order valence-electron chi connectivity index (χ0n) is 9.40. The molecule has 0 radical (unpaired) electrons. The molecule has 0 N–H and O–H groups in total. The monoisotopic (exact) mass is 234 g/mol. The smallest absolute Gasteiger partial charge is 0.202 e. The highest BCUT2D eigenvalue weighted by Gasteiger charge is 2.13. The van der Waals surface area contributed by atoms with Gasteiger partial charge in [0.25, 0.3) is 0 Å². The van der Waals surface area contributed by atoms with Crippen LogP contribution in [0.25, 0.3) is 0 Å². The number of hydrogen-bond donors (Lipinski definition) is 0. The first-order valence-electron chi connectivity index (χ1n) is 4.92. The molecule has 0 aromatic heterocycles. The van der Waals surface area contributed by atoms with E-state index in [-0.39, 0.29) is 0 Å². The molecule has 0 aromatic carbocycles. The lowest BCUT2D eigenvalue weighted by atomic mass is 10.7. The number of hydrogen-bond acceptors (Lipinski definition) is 4. The molecular weight excluding hydrogens is 215 g/mol. The van der Waals surface area contributed by atoms with Gasteiger partial charge < -0.3 is 14.0 Å². The summed E-state index contributed by atoms with van der Waals surface area (Å²) in [4.78, 5) is 0. The molecule has 1 unspecified atom stereocenters. The second-order valence-electron chi connectivity index (χ2n) is 3.02. The van der Waals surface area contributed by atoms with Crippen LogP contribution < -0.4 is 0 Å². The van der Waals surface area contributed by atoms with Crippen LogP contribution in [0.5, 0.6) is 0 Å². The Bertz CT molecular complexity index is 234. The van der Waals surface area contributed by atoms with Gasteiger partial charge in [0.2, 0.25) is 7.37 Å². The Morgan fingerprint density at radius 3 is 2.53 bits per heavy atom. The van der Waals surface area contributed by atoms with E-state index in [2.05, 4.69) is 5.92 Å². The molecule has 0 spiro atoms. The van der Waals surface area contributed by atoms with Crippen molar-refractivity contribution < 1.29 is 18.6 Å². The van der Waals surface area contributed by atoms with Crippen LogP contribution in [0.3, 0.4) is 0 Å². The predicted molar refractivity (Wildman–Crippen MR) is 60.5 cm³/mol. The summed E-state index contributed by atoms with van der Waals surface area (Å²) in [5.74, 6) is 2.36. The van der Waals surface area contributed by atoms with E-state index in [9.17, 15) is 4.57 Å². The Morgan fingerprint density at radius 2 is 1.93 bits per heavy atom. The quantitative estimate of drug-likeness (QED) is 0.345. The maximum absolute atomic E-state index is 11.6. The van der Waals surface area contributed by atoms with E-state index in [4.69, 9.17) is 20.4 Å². The van der Waals surface area contributed by atoms with E-state index in [1.165, 1.54) is 0 Å². The molecule has 0 rings (SSSR count). The van der Waals surface area contributed by atoms with Gasteiger partial charge in [0.1, 0.15) is 6.61 Å². The van der Waals surface area contributed by atoms with E-state index in [0.717, 1.165) is 0 Å². The predicted octanol–water partition coefficient (Wildman–Crippen LogP) is 1.60. The highest BCUT2D eigenvalue weighted by atomic mass is 31.2. The van der Waals surface area contributed by atoms with Crippen molar-refractivity contribution in [2.24, 2.45) is 0 Å². The summed E-state index contributed by atoms with van der Waals surface area (Å²) >= 11 is 0. The van der Waals surface area contributed by atoms with Gasteiger partial charge in [-0.25, -0.2) is 0 Å². The zero-order valence-corrected chi connectivity index (χ0v) is 10.3. The van der Waals surface area contributed by atoms with E-state index in [0.29, 0.717) is 39.2 Å². The molecule has 5 heteroatoms. The van der Waals surface area contributed by atoms with Gasteiger partial charge in [-0.1, -0.05) is 5.92 Å². The highest BCUT2D eigenvalue weighted by molar-refractivity contribution is 7.58. The Morgan fingerprint density at radius 1 is 1.27 bits per heavy atom. The van der Waals surface area contributed by atoms with Gasteiger partial charge in [-0.2, -0.15) is 0 Å². The first-order valence-corrected chi connectivity index (χ1v) is 7.18. The maximum Gasteiger partial charge on any atom is 0.202 e. The van der Waals surface area contributed by atoms with Crippen molar-refractivity contribution in [1.82, 2.24) is 0 Å². The Hall–Kier alpha value is -0.330. The molecule has 0 amide bonds. The van der Waals surface area contributed by atoms with Crippen molar-refractivity contribution in [2.45, 2.75) is 6.92 Å². The summed E-state index contributed by atoms with van der Waals surface area (Å²) < 4.78 is 26.9. The molecule has 0 saturated heterocycles. The molecule has 0 saturated carbocycles. The van der Waals surface area contributed by atoms with Crippen molar-refractivity contribution >= 4 is 7.37 Å². The van der Waals surface area contributed by atoms with Crippen LogP contribution in [-0.4, -0.2) is 45.9 Å².